The number of likely N-dealkylation sites (tertiary alicyclic amines) is 2. The molecular weight excluding hydrogens is 278 g/mol. The van der Waals surface area contributed by atoms with Crippen molar-refractivity contribution >= 4 is 11.8 Å². The Hall–Kier alpha value is -1.91. The number of pyridine rings is 1. The van der Waals surface area contributed by atoms with E-state index in [0.717, 1.165) is 45.4 Å². The van der Waals surface area contributed by atoms with Crippen LogP contribution in [-0.2, 0) is 0 Å². The average Bonchev–Trinajstić information content (AvgIpc) is 3.08. The van der Waals surface area contributed by atoms with Crippen LogP contribution in [0.3, 0.4) is 0 Å². The van der Waals surface area contributed by atoms with Crippen LogP contribution in [-0.4, -0.2) is 52.8 Å². The molecule has 2 saturated heterocycles. The van der Waals surface area contributed by atoms with Crippen molar-refractivity contribution in [2.24, 2.45) is 5.92 Å². The highest BCUT2D eigenvalue weighted by Gasteiger charge is 2.24. The van der Waals surface area contributed by atoms with Gasteiger partial charge in [0.05, 0.1) is 11.1 Å². The van der Waals surface area contributed by atoms with Crippen molar-refractivity contribution < 1.29 is 9.59 Å². The maximum Gasteiger partial charge on any atom is 0.255 e. The summed E-state index contributed by atoms with van der Waals surface area (Å²) in [6.07, 6.45) is 7.48. The molecule has 0 N–H and O–H groups in total. The van der Waals surface area contributed by atoms with E-state index in [1.54, 1.807) is 18.5 Å². The van der Waals surface area contributed by atoms with E-state index in [1.807, 2.05) is 9.80 Å². The maximum atomic E-state index is 12.6. The molecule has 2 aliphatic rings. The first-order chi connectivity index (χ1) is 10.6. The minimum Gasteiger partial charge on any atom is -0.339 e. The van der Waals surface area contributed by atoms with Crippen LogP contribution in [0.25, 0.3) is 0 Å². The second-order valence-electron chi connectivity index (χ2n) is 6.46. The molecule has 3 rings (SSSR count). The van der Waals surface area contributed by atoms with E-state index in [4.69, 9.17) is 0 Å². The highest BCUT2D eigenvalue weighted by atomic mass is 16.2. The quantitative estimate of drug-likeness (QED) is 0.841. The van der Waals surface area contributed by atoms with Crippen molar-refractivity contribution in [1.29, 1.82) is 0 Å². The molecule has 0 radical (unpaired) electrons. The fourth-order valence-corrected chi connectivity index (χ4v) is 3.33. The molecule has 22 heavy (non-hydrogen) atoms. The minimum atomic E-state index is -0.00772. The summed E-state index contributed by atoms with van der Waals surface area (Å²) in [6, 6.07) is 1.70. The molecule has 1 atom stereocenters. The van der Waals surface area contributed by atoms with E-state index in [2.05, 4.69) is 11.9 Å². The lowest BCUT2D eigenvalue weighted by Crippen LogP contribution is -2.39. The van der Waals surface area contributed by atoms with Gasteiger partial charge in [-0.3, -0.25) is 14.6 Å². The van der Waals surface area contributed by atoms with Gasteiger partial charge in [0.1, 0.15) is 0 Å². The van der Waals surface area contributed by atoms with Crippen molar-refractivity contribution in [3.05, 3.63) is 29.6 Å². The first kappa shape index (κ1) is 15.0. The Balaban J connectivity index is 1.75. The molecule has 118 valence electrons. The molecule has 0 aromatic carbocycles. The zero-order chi connectivity index (χ0) is 15.5. The first-order valence-corrected chi connectivity index (χ1v) is 8.19. The number of nitrogens with zero attached hydrogens (tertiary/aromatic N) is 3. The molecule has 0 spiro atoms. The lowest BCUT2D eigenvalue weighted by atomic mass is 9.99. The second-order valence-corrected chi connectivity index (χ2v) is 6.46. The van der Waals surface area contributed by atoms with Gasteiger partial charge in [-0.1, -0.05) is 6.92 Å². The van der Waals surface area contributed by atoms with E-state index < -0.39 is 0 Å². The summed E-state index contributed by atoms with van der Waals surface area (Å²) < 4.78 is 0. The summed E-state index contributed by atoms with van der Waals surface area (Å²) in [5, 5.41) is 0. The SMILES string of the molecule is CC1CCCN(C(=O)c2cncc(C(=O)N3CCCC3)c2)C1. The van der Waals surface area contributed by atoms with Crippen molar-refractivity contribution in [3.63, 3.8) is 0 Å². The Bertz CT molecular complexity index is 567. The largest absolute Gasteiger partial charge is 0.339 e. The Morgan fingerprint density at radius 2 is 1.59 bits per heavy atom. The van der Waals surface area contributed by atoms with Crippen LogP contribution in [0.2, 0.25) is 0 Å². The van der Waals surface area contributed by atoms with Crippen LogP contribution in [0.4, 0.5) is 0 Å². The van der Waals surface area contributed by atoms with Crippen LogP contribution >= 0.6 is 0 Å². The summed E-state index contributed by atoms with van der Waals surface area (Å²) in [4.78, 5) is 32.9. The van der Waals surface area contributed by atoms with Gasteiger partial charge < -0.3 is 9.80 Å². The van der Waals surface area contributed by atoms with Gasteiger partial charge in [-0.05, 0) is 37.7 Å². The number of rotatable bonds is 2. The van der Waals surface area contributed by atoms with Crippen molar-refractivity contribution in [2.75, 3.05) is 26.2 Å². The Morgan fingerprint density at radius 3 is 2.23 bits per heavy atom. The van der Waals surface area contributed by atoms with Gasteiger partial charge in [-0.15, -0.1) is 0 Å². The molecule has 1 aromatic rings. The second kappa shape index (κ2) is 6.46. The predicted octanol–water partition coefficient (Wildman–Crippen LogP) is 2.19. The fourth-order valence-electron chi connectivity index (χ4n) is 3.33. The standard InChI is InChI=1S/C17H23N3O2/c1-13-5-4-8-20(12-13)17(22)15-9-14(10-18-11-15)16(21)19-6-2-3-7-19/h9-11,13H,2-8,12H2,1H3. The third-order valence-electron chi connectivity index (χ3n) is 4.57. The maximum absolute atomic E-state index is 12.6. The first-order valence-electron chi connectivity index (χ1n) is 8.19. The summed E-state index contributed by atoms with van der Waals surface area (Å²) in [5.41, 5.74) is 1.05. The molecule has 5 heteroatoms. The van der Waals surface area contributed by atoms with Gasteiger partial charge in [0, 0.05) is 38.6 Å². The van der Waals surface area contributed by atoms with Gasteiger partial charge in [0.2, 0.25) is 0 Å². The molecule has 0 saturated carbocycles. The average molecular weight is 301 g/mol. The summed E-state index contributed by atoms with van der Waals surface area (Å²) in [7, 11) is 0. The molecule has 0 aliphatic carbocycles. The zero-order valence-corrected chi connectivity index (χ0v) is 13.1. The van der Waals surface area contributed by atoms with Gasteiger partial charge in [0.15, 0.2) is 0 Å². The number of hydrogen-bond donors (Lipinski definition) is 0. The molecule has 0 bridgehead atoms. The zero-order valence-electron chi connectivity index (χ0n) is 13.1. The number of aromatic nitrogens is 1. The molecule has 2 amide bonds. The monoisotopic (exact) mass is 301 g/mol. The lowest BCUT2D eigenvalue weighted by molar-refractivity contribution is 0.0682. The topological polar surface area (TPSA) is 53.5 Å². The fraction of sp³-hybridized carbons (Fsp3) is 0.588. The molecule has 3 heterocycles. The van der Waals surface area contributed by atoms with Crippen LogP contribution in [0, 0.1) is 5.92 Å². The minimum absolute atomic E-state index is 0.00452. The predicted molar refractivity (Wildman–Crippen MR) is 83.7 cm³/mol. The number of amides is 2. The molecule has 1 unspecified atom stereocenters. The smallest absolute Gasteiger partial charge is 0.255 e. The van der Waals surface area contributed by atoms with Gasteiger partial charge >= 0.3 is 0 Å². The highest BCUT2D eigenvalue weighted by Crippen LogP contribution is 2.19. The van der Waals surface area contributed by atoms with E-state index in [9.17, 15) is 9.59 Å². The number of hydrogen-bond acceptors (Lipinski definition) is 3. The van der Waals surface area contributed by atoms with E-state index in [-0.39, 0.29) is 11.8 Å². The van der Waals surface area contributed by atoms with E-state index in [0.29, 0.717) is 17.0 Å². The van der Waals surface area contributed by atoms with Crippen LogP contribution < -0.4 is 0 Å². The van der Waals surface area contributed by atoms with Crippen LogP contribution in [0.5, 0.6) is 0 Å². The Morgan fingerprint density at radius 1 is 1.00 bits per heavy atom. The third-order valence-corrected chi connectivity index (χ3v) is 4.57. The van der Waals surface area contributed by atoms with E-state index in [1.165, 1.54) is 6.42 Å². The van der Waals surface area contributed by atoms with Gasteiger partial charge in [-0.2, -0.15) is 0 Å². The van der Waals surface area contributed by atoms with Crippen molar-refractivity contribution in [2.45, 2.75) is 32.6 Å². The van der Waals surface area contributed by atoms with E-state index >= 15 is 0 Å². The molecule has 2 fully saturated rings. The normalized spacial score (nSPS) is 22.0. The number of carbonyl (C=O) groups is 2. The summed E-state index contributed by atoms with van der Waals surface area (Å²) in [6.45, 7) is 5.38. The van der Waals surface area contributed by atoms with Crippen molar-refractivity contribution in [1.82, 2.24) is 14.8 Å². The highest BCUT2D eigenvalue weighted by molar-refractivity contribution is 5.99. The van der Waals surface area contributed by atoms with Crippen LogP contribution in [0.15, 0.2) is 18.5 Å². The van der Waals surface area contributed by atoms with Crippen molar-refractivity contribution in [3.8, 4) is 0 Å². The third kappa shape index (κ3) is 3.13. The number of piperidine rings is 1. The number of carbonyl (C=O) groups excluding carboxylic acids is 2. The van der Waals surface area contributed by atoms with Crippen LogP contribution in [0.1, 0.15) is 53.3 Å². The summed E-state index contributed by atoms with van der Waals surface area (Å²) >= 11 is 0. The van der Waals surface area contributed by atoms with Gasteiger partial charge in [-0.25, -0.2) is 0 Å². The van der Waals surface area contributed by atoms with Gasteiger partial charge in [0.25, 0.3) is 11.8 Å². The molecule has 1 aromatic heterocycles. The lowest BCUT2D eigenvalue weighted by Gasteiger charge is -2.31. The summed E-state index contributed by atoms with van der Waals surface area (Å²) in [5.74, 6) is 0.529. The molecular formula is C17H23N3O2. The molecule has 5 nitrogen and oxygen atoms in total. The Labute approximate surface area is 131 Å². The molecule has 2 aliphatic heterocycles. The Kier molecular flexibility index (Phi) is 4.41.